The van der Waals surface area contributed by atoms with E-state index in [-0.39, 0.29) is 5.91 Å². The number of amides is 1. The number of aromatic nitrogens is 3. The SMILES string of the molecule is O=C(Nc1cccc2cccnc12)c1ccnc(NCCc2ccccc2)n1. The molecule has 0 bridgehead atoms. The minimum absolute atomic E-state index is 0.296. The van der Waals surface area contributed by atoms with Crippen LogP contribution >= 0.6 is 0 Å². The number of carbonyl (C=O) groups is 1. The van der Waals surface area contributed by atoms with Gasteiger partial charge in [0, 0.05) is 24.3 Å². The van der Waals surface area contributed by atoms with Crippen molar-refractivity contribution in [1.29, 1.82) is 0 Å². The number of nitrogens with zero attached hydrogens (tertiary/aromatic N) is 3. The van der Waals surface area contributed by atoms with Gasteiger partial charge >= 0.3 is 0 Å². The summed E-state index contributed by atoms with van der Waals surface area (Å²) in [6.07, 6.45) is 4.13. The van der Waals surface area contributed by atoms with E-state index in [9.17, 15) is 4.79 Å². The number of rotatable bonds is 6. The molecule has 4 rings (SSSR count). The van der Waals surface area contributed by atoms with Crippen LogP contribution in [0.3, 0.4) is 0 Å². The lowest BCUT2D eigenvalue weighted by atomic mass is 10.1. The molecule has 6 heteroatoms. The zero-order chi connectivity index (χ0) is 19.2. The van der Waals surface area contributed by atoms with Crippen molar-refractivity contribution in [3.8, 4) is 0 Å². The molecule has 0 aliphatic heterocycles. The summed E-state index contributed by atoms with van der Waals surface area (Å²) in [7, 11) is 0. The number of anilines is 2. The minimum Gasteiger partial charge on any atom is -0.354 e. The Morgan fingerprint density at radius 2 is 1.71 bits per heavy atom. The molecule has 2 heterocycles. The van der Waals surface area contributed by atoms with Crippen LogP contribution in [0.15, 0.2) is 79.1 Å². The number of benzene rings is 2. The molecule has 0 aliphatic carbocycles. The van der Waals surface area contributed by atoms with Crippen molar-refractivity contribution in [3.63, 3.8) is 0 Å². The zero-order valence-corrected chi connectivity index (χ0v) is 15.2. The molecule has 0 saturated heterocycles. The number of pyridine rings is 1. The highest BCUT2D eigenvalue weighted by atomic mass is 16.1. The molecule has 2 N–H and O–H groups in total. The second-order valence-electron chi connectivity index (χ2n) is 6.26. The van der Waals surface area contributed by atoms with Crippen LogP contribution in [-0.4, -0.2) is 27.4 Å². The molecule has 0 atom stereocenters. The topological polar surface area (TPSA) is 79.8 Å². The second kappa shape index (κ2) is 8.26. The average molecular weight is 369 g/mol. The van der Waals surface area contributed by atoms with E-state index >= 15 is 0 Å². The van der Waals surface area contributed by atoms with E-state index < -0.39 is 0 Å². The Bertz CT molecular complexity index is 1090. The van der Waals surface area contributed by atoms with E-state index in [4.69, 9.17) is 0 Å². The summed E-state index contributed by atoms with van der Waals surface area (Å²) in [4.78, 5) is 25.5. The molecule has 138 valence electrons. The summed E-state index contributed by atoms with van der Waals surface area (Å²) < 4.78 is 0. The molecular weight excluding hydrogens is 350 g/mol. The third kappa shape index (κ3) is 4.12. The van der Waals surface area contributed by atoms with Crippen LogP contribution in [0.1, 0.15) is 16.1 Å². The van der Waals surface area contributed by atoms with Crippen molar-refractivity contribution in [2.75, 3.05) is 17.2 Å². The van der Waals surface area contributed by atoms with Crippen LogP contribution in [0.5, 0.6) is 0 Å². The fourth-order valence-corrected chi connectivity index (χ4v) is 2.93. The van der Waals surface area contributed by atoms with Gasteiger partial charge in [0.05, 0.1) is 11.2 Å². The van der Waals surface area contributed by atoms with E-state index in [0.29, 0.717) is 23.9 Å². The summed E-state index contributed by atoms with van der Waals surface area (Å²) in [6, 6.07) is 21.3. The highest BCUT2D eigenvalue weighted by Crippen LogP contribution is 2.21. The van der Waals surface area contributed by atoms with Crippen LogP contribution in [0, 0.1) is 0 Å². The van der Waals surface area contributed by atoms with Crippen molar-refractivity contribution in [1.82, 2.24) is 15.0 Å². The average Bonchev–Trinajstić information content (AvgIpc) is 2.75. The Hall–Kier alpha value is -3.80. The standard InChI is InChI=1S/C22H19N5O/c28-21(26-18-10-4-8-17-9-5-13-23-20(17)18)19-12-15-25-22(27-19)24-14-11-16-6-2-1-3-7-16/h1-10,12-13,15H,11,14H2,(H,26,28)(H,24,25,27). The van der Waals surface area contributed by atoms with Crippen LogP contribution in [0.2, 0.25) is 0 Å². The van der Waals surface area contributed by atoms with Gasteiger partial charge in [-0.25, -0.2) is 9.97 Å². The molecule has 0 fully saturated rings. The van der Waals surface area contributed by atoms with Gasteiger partial charge in [-0.15, -0.1) is 0 Å². The number of para-hydroxylation sites is 1. The van der Waals surface area contributed by atoms with Crippen molar-refractivity contribution in [2.24, 2.45) is 0 Å². The minimum atomic E-state index is -0.299. The molecule has 28 heavy (non-hydrogen) atoms. The van der Waals surface area contributed by atoms with Gasteiger partial charge in [0.1, 0.15) is 5.69 Å². The largest absolute Gasteiger partial charge is 0.354 e. The Labute approximate surface area is 162 Å². The number of nitrogens with one attached hydrogen (secondary N) is 2. The molecular formula is C22H19N5O. The lowest BCUT2D eigenvalue weighted by Crippen LogP contribution is -2.16. The van der Waals surface area contributed by atoms with Gasteiger partial charge in [0.25, 0.3) is 5.91 Å². The maximum Gasteiger partial charge on any atom is 0.274 e. The van der Waals surface area contributed by atoms with E-state index in [0.717, 1.165) is 17.3 Å². The first-order chi connectivity index (χ1) is 13.8. The van der Waals surface area contributed by atoms with E-state index in [1.807, 2.05) is 48.5 Å². The number of carbonyl (C=O) groups excluding carboxylic acids is 1. The Kier molecular flexibility index (Phi) is 5.20. The van der Waals surface area contributed by atoms with Crippen LogP contribution in [-0.2, 0) is 6.42 Å². The van der Waals surface area contributed by atoms with E-state index in [1.165, 1.54) is 5.56 Å². The molecule has 2 aromatic carbocycles. The van der Waals surface area contributed by atoms with Crippen molar-refractivity contribution in [2.45, 2.75) is 6.42 Å². The third-order valence-electron chi connectivity index (χ3n) is 4.31. The number of fused-ring (bicyclic) bond motifs is 1. The van der Waals surface area contributed by atoms with Gasteiger partial charge in [-0.1, -0.05) is 48.5 Å². The zero-order valence-electron chi connectivity index (χ0n) is 15.2. The highest BCUT2D eigenvalue weighted by molar-refractivity contribution is 6.07. The molecule has 6 nitrogen and oxygen atoms in total. The van der Waals surface area contributed by atoms with Gasteiger partial charge in [0.15, 0.2) is 0 Å². The van der Waals surface area contributed by atoms with Crippen molar-refractivity contribution in [3.05, 3.63) is 90.4 Å². The summed E-state index contributed by atoms with van der Waals surface area (Å²) in [5, 5.41) is 7.02. The summed E-state index contributed by atoms with van der Waals surface area (Å²) >= 11 is 0. The molecule has 0 aliphatic rings. The van der Waals surface area contributed by atoms with E-state index in [1.54, 1.807) is 18.5 Å². The summed E-state index contributed by atoms with van der Waals surface area (Å²) in [6.45, 7) is 0.683. The van der Waals surface area contributed by atoms with Crippen LogP contribution in [0.4, 0.5) is 11.6 Å². The second-order valence-corrected chi connectivity index (χ2v) is 6.26. The Morgan fingerprint density at radius 1 is 0.857 bits per heavy atom. The third-order valence-corrected chi connectivity index (χ3v) is 4.31. The Balaban J connectivity index is 1.44. The first-order valence-electron chi connectivity index (χ1n) is 9.05. The summed E-state index contributed by atoms with van der Waals surface area (Å²) in [5.41, 5.74) is 2.92. The van der Waals surface area contributed by atoms with Gasteiger partial charge in [-0.3, -0.25) is 9.78 Å². The number of hydrogen-bond acceptors (Lipinski definition) is 5. The fourth-order valence-electron chi connectivity index (χ4n) is 2.93. The molecule has 0 saturated carbocycles. The predicted octanol–water partition coefficient (Wildman–Crippen LogP) is 3.93. The smallest absolute Gasteiger partial charge is 0.274 e. The maximum atomic E-state index is 12.6. The highest BCUT2D eigenvalue weighted by Gasteiger charge is 2.11. The van der Waals surface area contributed by atoms with Gasteiger partial charge in [0.2, 0.25) is 5.95 Å². The molecule has 0 unspecified atom stereocenters. The van der Waals surface area contributed by atoms with Crippen molar-refractivity contribution >= 4 is 28.4 Å². The molecule has 2 aromatic heterocycles. The molecule has 0 spiro atoms. The van der Waals surface area contributed by atoms with Gasteiger partial charge in [-0.2, -0.15) is 0 Å². The fraction of sp³-hybridized carbons (Fsp3) is 0.0909. The van der Waals surface area contributed by atoms with Gasteiger partial charge < -0.3 is 10.6 Å². The first-order valence-corrected chi connectivity index (χ1v) is 9.05. The molecule has 1 amide bonds. The maximum absolute atomic E-state index is 12.6. The lowest BCUT2D eigenvalue weighted by Gasteiger charge is -2.09. The molecule has 4 aromatic rings. The van der Waals surface area contributed by atoms with Crippen LogP contribution < -0.4 is 10.6 Å². The normalized spacial score (nSPS) is 10.6. The quantitative estimate of drug-likeness (QED) is 0.538. The molecule has 0 radical (unpaired) electrons. The van der Waals surface area contributed by atoms with E-state index in [2.05, 4.69) is 37.7 Å². The monoisotopic (exact) mass is 369 g/mol. The van der Waals surface area contributed by atoms with Crippen LogP contribution in [0.25, 0.3) is 10.9 Å². The number of hydrogen-bond donors (Lipinski definition) is 2. The predicted molar refractivity (Wildman–Crippen MR) is 110 cm³/mol. The Morgan fingerprint density at radius 3 is 2.61 bits per heavy atom. The van der Waals surface area contributed by atoms with Gasteiger partial charge in [-0.05, 0) is 30.2 Å². The summed E-state index contributed by atoms with van der Waals surface area (Å²) in [5.74, 6) is 0.131. The van der Waals surface area contributed by atoms with Crippen molar-refractivity contribution < 1.29 is 4.79 Å². The first kappa shape index (κ1) is 17.6. The lowest BCUT2D eigenvalue weighted by molar-refractivity contribution is 0.102.